The summed E-state index contributed by atoms with van der Waals surface area (Å²) in [6.45, 7) is 0.212. The maximum absolute atomic E-state index is 10.4. The van der Waals surface area contributed by atoms with Crippen molar-refractivity contribution in [1.82, 2.24) is 4.98 Å². The molecule has 0 saturated heterocycles. The first-order chi connectivity index (χ1) is 11.8. The molecule has 0 aliphatic heterocycles. The van der Waals surface area contributed by atoms with Crippen molar-refractivity contribution < 1.29 is 25.0 Å². The Kier molecular flexibility index (Phi) is 6.84. The molecule has 2 aromatic rings. The van der Waals surface area contributed by atoms with E-state index < -0.39 is 37.6 Å². The highest BCUT2D eigenvalue weighted by molar-refractivity contribution is 5.64. The van der Waals surface area contributed by atoms with Gasteiger partial charge in [0.25, 0.3) is 11.4 Å². The summed E-state index contributed by atoms with van der Waals surface area (Å²) in [6.07, 6.45) is 4.18. The zero-order valence-electron chi connectivity index (χ0n) is 12.5. The number of aromatic hydroxyl groups is 1. The van der Waals surface area contributed by atoms with Crippen LogP contribution in [0.1, 0.15) is 5.56 Å². The second-order valence-corrected chi connectivity index (χ2v) is 4.43. The van der Waals surface area contributed by atoms with Crippen LogP contribution in [0.5, 0.6) is 5.75 Å². The number of nitro benzene ring substituents is 3. The van der Waals surface area contributed by atoms with Crippen molar-refractivity contribution in [2.75, 3.05) is 6.61 Å². The predicted molar refractivity (Wildman–Crippen MR) is 83.1 cm³/mol. The van der Waals surface area contributed by atoms with Crippen LogP contribution in [-0.4, -0.2) is 36.6 Å². The van der Waals surface area contributed by atoms with Crippen molar-refractivity contribution in [1.29, 1.82) is 0 Å². The monoisotopic (exact) mass is 352 g/mol. The van der Waals surface area contributed by atoms with Crippen LogP contribution in [0, 0.1) is 30.3 Å². The third-order valence-electron chi connectivity index (χ3n) is 2.81. The fourth-order valence-corrected chi connectivity index (χ4v) is 1.65. The van der Waals surface area contributed by atoms with Gasteiger partial charge in [-0.05, 0) is 24.1 Å². The fourth-order valence-electron chi connectivity index (χ4n) is 1.65. The van der Waals surface area contributed by atoms with Crippen molar-refractivity contribution in [3.05, 3.63) is 72.6 Å². The highest BCUT2D eigenvalue weighted by Gasteiger charge is 2.30. The topological polar surface area (TPSA) is 183 Å². The smallest absolute Gasteiger partial charge is 0.324 e. The Morgan fingerprint density at radius 2 is 1.40 bits per heavy atom. The second kappa shape index (κ2) is 8.83. The molecule has 0 unspecified atom stereocenters. The molecule has 0 radical (unpaired) electrons. The van der Waals surface area contributed by atoms with Crippen LogP contribution in [-0.2, 0) is 6.42 Å². The summed E-state index contributed by atoms with van der Waals surface area (Å²) in [6, 6.07) is 4.69. The van der Waals surface area contributed by atoms with Crippen molar-refractivity contribution in [2.24, 2.45) is 0 Å². The number of hydrogen-bond donors (Lipinski definition) is 2. The Morgan fingerprint density at radius 1 is 0.920 bits per heavy atom. The molecular formula is C13H12N4O8. The number of non-ortho nitro benzene ring substituents is 1. The third kappa shape index (κ3) is 5.47. The van der Waals surface area contributed by atoms with Gasteiger partial charge in [-0.1, -0.05) is 0 Å². The van der Waals surface area contributed by atoms with Crippen LogP contribution >= 0.6 is 0 Å². The van der Waals surface area contributed by atoms with Gasteiger partial charge in [-0.25, -0.2) is 0 Å². The minimum absolute atomic E-state index is 0.212. The molecule has 12 nitrogen and oxygen atoms in total. The Labute approximate surface area is 139 Å². The molecule has 0 bridgehead atoms. The minimum atomic E-state index is -1.21. The molecule has 0 saturated carbocycles. The molecule has 1 aromatic heterocycles. The van der Waals surface area contributed by atoms with Gasteiger partial charge in [0.15, 0.2) is 0 Å². The Bertz CT molecular complexity index is 746. The number of aromatic nitrogens is 1. The Morgan fingerprint density at radius 3 is 1.76 bits per heavy atom. The van der Waals surface area contributed by atoms with Crippen molar-refractivity contribution in [2.45, 2.75) is 6.42 Å². The van der Waals surface area contributed by atoms with Crippen LogP contribution in [0.3, 0.4) is 0 Å². The maximum Gasteiger partial charge on any atom is 0.324 e. The number of rotatable bonds is 5. The van der Waals surface area contributed by atoms with E-state index in [9.17, 15) is 30.3 Å². The average Bonchev–Trinajstić information content (AvgIpc) is 2.56. The fraction of sp³-hybridized carbons (Fsp3) is 0.154. The van der Waals surface area contributed by atoms with Crippen LogP contribution < -0.4 is 0 Å². The van der Waals surface area contributed by atoms with Gasteiger partial charge in [0.05, 0.1) is 26.9 Å². The predicted octanol–water partition coefficient (Wildman–Crippen LogP) is 1.73. The van der Waals surface area contributed by atoms with E-state index in [-0.39, 0.29) is 6.61 Å². The zero-order valence-corrected chi connectivity index (χ0v) is 12.5. The van der Waals surface area contributed by atoms with E-state index in [4.69, 9.17) is 10.2 Å². The quantitative estimate of drug-likeness (QED) is 0.597. The summed E-state index contributed by atoms with van der Waals surface area (Å²) >= 11 is 0. The highest BCUT2D eigenvalue weighted by Crippen LogP contribution is 2.38. The first kappa shape index (κ1) is 19.4. The minimum Gasteiger partial charge on any atom is -0.497 e. The molecule has 0 spiro atoms. The second-order valence-electron chi connectivity index (χ2n) is 4.43. The van der Waals surface area contributed by atoms with E-state index in [1.165, 1.54) is 0 Å². The van der Waals surface area contributed by atoms with Gasteiger partial charge in [0, 0.05) is 19.0 Å². The molecule has 2 rings (SSSR count). The molecular weight excluding hydrogens is 340 g/mol. The van der Waals surface area contributed by atoms with Crippen LogP contribution in [0.15, 0.2) is 36.7 Å². The number of phenolic OH excluding ortho intramolecular Hbond substituents is 1. The summed E-state index contributed by atoms with van der Waals surface area (Å²) < 4.78 is 0. The summed E-state index contributed by atoms with van der Waals surface area (Å²) in [5, 5.41) is 48.7. The number of aliphatic hydroxyl groups excluding tert-OH is 1. The SMILES string of the molecule is O=[N+]([O-])c1cc([N+](=O)[O-])c(O)c([N+](=O)[O-])c1.OCCc1ccncc1. The van der Waals surface area contributed by atoms with Gasteiger partial charge in [0.1, 0.15) is 0 Å². The van der Waals surface area contributed by atoms with Gasteiger partial charge in [-0.3, -0.25) is 35.3 Å². The van der Waals surface area contributed by atoms with E-state index in [2.05, 4.69) is 4.98 Å². The lowest BCUT2D eigenvalue weighted by Crippen LogP contribution is -1.97. The van der Waals surface area contributed by atoms with E-state index in [0.29, 0.717) is 12.1 Å². The van der Waals surface area contributed by atoms with Gasteiger partial charge < -0.3 is 10.2 Å². The zero-order chi connectivity index (χ0) is 19.0. The van der Waals surface area contributed by atoms with Gasteiger partial charge in [-0.15, -0.1) is 0 Å². The molecule has 0 aliphatic rings. The summed E-state index contributed by atoms with van der Waals surface area (Å²) in [5.41, 5.74) is -1.87. The van der Waals surface area contributed by atoms with E-state index in [1.54, 1.807) is 12.4 Å². The lowest BCUT2D eigenvalue weighted by atomic mass is 10.2. The highest BCUT2D eigenvalue weighted by atomic mass is 16.6. The molecule has 0 aliphatic carbocycles. The average molecular weight is 352 g/mol. The summed E-state index contributed by atoms with van der Waals surface area (Å²) in [5.74, 6) is -1.21. The number of benzene rings is 1. The maximum atomic E-state index is 10.4. The number of hydrogen-bond acceptors (Lipinski definition) is 9. The molecule has 1 heterocycles. The first-order valence-corrected chi connectivity index (χ1v) is 6.57. The standard InChI is InChI=1S/C7H9NO.C6H3N3O7/c9-6-3-7-1-4-8-5-2-7;10-6-4(8(13)14)1-3(7(11)12)2-5(6)9(15)16/h1-2,4-5,9H,3,6H2;1-2,10H. The molecule has 0 fully saturated rings. The van der Waals surface area contributed by atoms with Crippen molar-refractivity contribution in [3.63, 3.8) is 0 Å². The molecule has 12 heteroatoms. The molecule has 2 N–H and O–H groups in total. The Hall–Kier alpha value is -3.67. The lowest BCUT2D eigenvalue weighted by molar-refractivity contribution is -0.404. The van der Waals surface area contributed by atoms with Crippen LogP contribution in [0.4, 0.5) is 17.1 Å². The normalized spacial score (nSPS) is 9.64. The molecule has 0 atom stereocenters. The number of aliphatic hydroxyl groups is 1. The van der Waals surface area contributed by atoms with Crippen LogP contribution in [0.25, 0.3) is 0 Å². The Balaban J connectivity index is 0.000000293. The van der Waals surface area contributed by atoms with Gasteiger partial charge in [-0.2, -0.15) is 0 Å². The van der Waals surface area contributed by atoms with E-state index in [1.807, 2.05) is 12.1 Å². The first-order valence-electron chi connectivity index (χ1n) is 6.57. The molecule has 0 amide bonds. The number of phenols is 1. The number of nitrogens with zero attached hydrogens (tertiary/aromatic N) is 4. The summed E-state index contributed by atoms with van der Waals surface area (Å²) in [7, 11) is 0. The largest absolute Gasteiger partial charge is 0.497 e. The van der Waals surface area contributed by atoms with Crippen LogP contribution in [0.2, 0.25) is 0 Å². The number of pyridine rings is 1. The molecule has 25 heavy (non-hydrogen) atoms. The lowest BCUT2D eigenvalue weighted by Gasteiger charge is -1.97. The molecule has 132 valence electrons. The third-order valence-corrected chi connectivity index (χ3v) is 2.81. The van der Waals surface area contributed by atoms with Gasteiger partial charge in [0.2, 0.25) is 0 Å². The van der Waals surface area contributed by atoms with E-state index >= 15 is 0 Å². The summed E-state index contributed by atoms with van der Waals surface area (Å²) in [4.78, 5) is 31.6. The van der Waals surface area contributed by atoms with Gasteiger partial charge >= 0.3 is 11.4 Å². The van der Waals surface area contributed by atoms with Crippen molar-refractivity contribution in [3.8, 4) is 5.75 Å². The molecule has 1 aromatic carbocycles. The van der Waals surface area contributed by atoms with E-state index in [0.717, 1.165) is 12.0 Å². The number of nitro groups is 3. The van der Waals surface area contributed by atoms with Crippen molar-refractivity contribution >= 4 is 17.1 Å².